The minimum absolute atomic E-state index is 0.0228. The minimum Gasteiger partial charge on any atom is -0.478 e. The van der Waals surface area contributed by atoms with Crippen molar-refractivity contribution >= 4 is 17.6 Å². The highest BCUT2D eigenvalue weighted by molar-refractivity contribution is 5.90. The molecule has 3 N–H and O–H groups in total. The lowest BCUT2D eigenvalue weighted by molar-refractivity contribution is 0.0471. The second-order valence-electron chi connectivity index (χ2n) is 4.35. The molecule has 0 bridgehead atoms. The van der Waals surface area contributed by atoms with Gasteiger partial charge in [0.25, 0.3) is 0 Å². The third-order valence-corrected chi connectivity index (χ3v) is 2.73. The van der Waals surface area contributed by atoms with Crippen LogP contribution in [0.15, 0.2) is 42.5 Å². The number of rotatable bonds is 4. The number of nitrogen functional groups attached to an aromatic ring is 1. The van der Waals surface area contributed by atoms with Crippen LogP contribution in [0.1, 0.15) is 26.3 Å². The smallest absolute Gasteiger partial charge is 0.338 e. The van der Waals surface area contributed by atoms with Crippen molar-refractivity contribution in [1.82, 2.24) is 0 Å². The molecule has 0 aliphatic carbocycles. The molecule has 0 atom stereocenters. The van der Waals surface area contributed by atoms with Crippen LogP contribution < -0.4 is 5.73 Å². The summed E-state index contributed by atoms with van der Waals surface area (Å²) in [6, 6.07) is 9.34. The number of hydrogen-bond donors (Lipinski definition) is 2. The number of benzene rings is 2. The fourth-order valence-electron chi connectivity index (χ4n) is 1.71. The van der Waals surface area contributed by atoms with E-state index in [1.807, 2.05) is 0 Å². The summed E-state index contributed by atoms with van der Waals surface area (Å²) < 4.78 is 18.1. The average Bonchev–Trinajstić information content (AvgIpc) is 2.44. The summed E-state index contributed by atoms with van der Waals surface area (Å²) in [6.07, 6.45) is 0. The summed E-state index contributed by atoms with van der Waals surface area (Å²) in [6.45, 7) is -0.0465. The molecule has 0 spiro atoms. The van der Waals surface area contributed by atoms with Crippen LogP contribution in [0.3, 0.4) is 0 Å². The van der Waals surface area contributed by atoms with Crippen molar-refractivity contribution in [2.75, 3.05) is 5.73 Å². The van der Waals surface area contributed by atoms with Gasteiger partial charge < -0.3 is 15.6 Å². The third-order valence-electron chi connectivity index (χ3n) is 2.73. The Morgan fingerprint density at radius 2 is 1.76 bits per heavy atom. The van der Waals surface area contributed by atoms with Crippen molar-refractivity contribution < 1.29 is 23.8 Å². The van der Waals surface area contributed by atoms with Gasteiger partial charge in [-0.2, -0.15) is 0 Å². The monoisotopic (exact) mass is 289 g/mol. The Bertz CT molecular complexity index is 662. The van der Waals surface area contributed by atoms with Gasteiger partial charge in [0.2, 0.25) is 0 Å². The first-order valence-electron chi connectivity index (χ1n) is 6.01. The molecule has 2 aromatic rings. The van der Waals surface area contributed by atoms with E-state index in [2.05, 4.69) is 0 Å². The second kappa shape index (κ2) is 6.04. The van der Waals surface area contributed by atoms with Crippen LogP contribution >= 0.6 is 0 Å². The van der Waals surface area contributed by atoms with Crippen LogP contribution in [-0.4, -0.2) is 17.0 Å². The molecule has 0 aliphatic rings. The topological polar surface area (TPSA) is 89.6 Å². The van der Waals surface area contributed by atoms with Crippen LogP contribution in [0.2, 0.25) is 0 Å². The molecular weight excluding hydrogens is 277 g/mol. The van der Waals surface area contributed by atoms with E-state index in [0.29, 0.717) is 5.56 Å². The first-order valence-corrected chi connectivity index (χ1v) is 6.01. The molecule has 0 aliphatic heterocycles. The van der Waals surface area contributed by atoms with Gasteiger partial charge in [-0.3, -0.25) is 0 Å². The lowest BCUT2D eigenvalue weighted by Gasteiger charge is -2.06. The van der Waals surface area contributed by atoms with E-state index in [9.17, 15) is 14.0 Å². The molecule has 0 fully saturated rings. The van der Waals surface area contributed by atoms with Gasteiger partial charge in [-0.15, -0.1) is 0 Å². The number of carboxylic acid groups (broad SMARTS) is 1. The van der Waals surface area contributed by atoms with E-state index in [4.69, 9.17) is 15.6 Å². The van der Waals surface area contributed by atoms with Crippen molar-refractivity contribution in [2.24, 2.45) is 0 Å². The van der Waals surface area contributed by atoms with Crippen LogP contribution in [-0.2, 0) is 11.3 Å². The normalized spacial score (nSPS) is 10.1. The molecule has 2 rings (SSSR count). The summed E-state index contributed by atoms with van der Waals surface area (Å²) in [5.41, 5.74) is 6.37. The van der Waals surface area contributed by atoms with Gasteiger partial charge in [-0.1, -0.05) is 12.1 Å². The van der Waals surface area contributed by atoms with Crippen molar-refractivity contribution in [2.45, 2.75) is 6.61 Å². The maximum atomic E-state index is 13.1. The molecule has 0 unspecified atom stereocenters. The van der Waals surface area contributed by atoms with Gasteiger partial charge in [0.15, 0.2) is 0 Å². The molecule has 0 saturated heterocycles. The number of ether oxygens (including phenoxy) is 1. The van der Waals surface area contributed by atoms with Gasteiger partial charge >= 0.3 is 11.9 Å². The number of halogens is 1. The molecule has 0 saturated carbocycles. The SMILES string of the molecule is Nc1cc(F)cc(C(=O)OCc2ccc(C(=O)O)cc2)c1. The number of hydrogen-bond acceptors (Lipinski definition) is 4. The number of nitrogens with two attached hydrogens (primary N) is 1. The van der Waals surface area contributed by atoms with E-state index in [0.717, 1.165) is 12.1 Å². The molecule has 5 nitrogen and oxygen atoms in total. The van der Waals surface area contributed by atoms with Crippen LogP contribution in [0.5, 0.6) is 0 Å². The summed E-state index contributed by atoms with van der Waals surface area (Å²) in [4.78, 5) is 22.5. The second-order valence-corrected chi connectivity index (χ2v) is 4.35. The number of carbonyl (C=O) groups is 2. The number of anilines is 1. The Morgan fingerprint density at radius 1 is 1.10 bits per heavy atom. The largest absolute Gasteiger partial charge is 0.478 e. The fourth-order valence-corrected chi connectivity index (χ4v) is 1.71. The van der Waals surface area contributed by atoms with Crippen LogP contribution in [0.4, 0.5) is 10.1 Å². The predicted octanol–water partition coefficient (Wildman–Crippen LogP) is 2.46. The Balaban J connectivity index is 2.02. The molecule has 108 valence electrons. The molecule has 21 heavy (non-hydrogen) atoms. The lowest BCUT2D eigenvalue weighted by Crippen LogP contribution is -2.06. The molecule has 0 heterocycles. The summed E-state index contributed by atoms with van der Waals surface area (Å²) in [5.74, 6) is -2.36. The molecule has 0 aromatic heterocycles. The highest BCUT2D eigenvalue weighted by Gasteiger charge is 2.10. The van der Waals surface area contributed by atoms with E-state index >= 15 is 0 Å². The Kier molecular flexibility index (Phi) is 4.18. The van der Waals surface area contributed by atoms with E-state index < -0.39 is 17.8 Å². The van der Waals surface area contributed by atoms with E-state index in [1.54, 1.807) is 0 Å². The standard InChI is InChI=1S/C15H12FNO4/c16-12-5-11(6-13(17)7-12)15(20)21-8-9-1-3-10(4-2-9)14(18)19/h1-7H,8,17H2,(H,18,19). The molecular formula is C15H12FNO4. The number of aromatic carboxylic acids is 1. The Labute approximate surface area is 119 Å². The quantitative estimate of drug-likeness (QED) is 0.666. The zero-order valence-electron chi connectivity index (χ0n) is 10.9. The third kappa shape index (κ3) is 3.79. The highest BCUT2D eigenvalue weighted by Crippen LogP contribution is 2.13. The summed E-state index contributed by atoms with van der Waals surface area (Å²) >= 11 is 0. The molecule has 6 heteroatoms. The molecule has 0 radical (unpaired) electrons. The van der Waals surface area contributed by atoms with Crippen LogP contribution in [0.25, 0.3) is 0 Å². The van der Waals surface area contributed by atoms with E-state index in [-0.39, 0.29) is 23.4 Å². The first kappa shape index (κ1) is 14.5. The molecule has 2 aromatic carbocycles. The maximum absolute atomic E-state index is 13.1. The fraction of sp³-hybridized carbons (Fsp3) is 0.0667. The first-order chi connectivity index (χ1) is 9.95. The van der Waals surface area contributed by atoms with Gasteiger partial charge in [-0.25, -0.2) is 14.0 Å². The van der Waals surface area contributed by atoms with Crippen molar-refractivity contribution in [3.63, 3.8) is 0 Å². The summed E-state index contributed by atoms with van der Waals surface area (Å²) in [5, 5.41) is 8.76. The zero-order valence-corrected chi connectivity index (χ0v) is 10.9. The van der Waals surface area contributed by atoms with E-state index in [1.165, 1.54) is 30.3 Å². The van der Waals surface area contributed by atoms with Crippen molar-refractivity contribution in [1.29, 1.82) is 0 Å². The Hall–Kier alpha value is -2.89. The van der Waals surface area contributed by atoms with Gasteiger partial charge in [0, 0.05) is 5.69 Å². The number of esters is 1. The van der Waals surface area contributed by atoms with Gasteiger partial charge in [0.05, 0.1) is 11.1 Å². The zero-order chi connectivity index (χ0) is 15.4. The van der Waals surface area contributed by atoms with Crippen molar-refractivity contribution in [3.8, 4) is 0 Å². The van der Waals surface area contributed by atoms with Gasteiger partial charge in [0.1, 0.15) is 12.4 Å². The van der Waals surface area contributed by atoms with Crippen LogP contribution in [0, 0.1) is 5.82 Å². The summed E-state index contributed by atoms with van der Waals surface area (Å²) in [7, 11) is 0. The number of carbonyl (C=O) groups excluding carboxylic acids is 1. The number of carboxylic acids is 1. The highest BCUT2D eigenvalue weighted by atomic mass is 19.1. The lowest BCUT2D eigenvalue weighted by atomic mass is 10.1. The molecule has 0 amide bonds. The van der Waals surface area contributed by atoms with Gasteiger partial charge in [-0.05, 0) is 35.9 Å². The van der Waals surface area contributed by atoms with Crippen molar-refractivity contribution in [3.05, 3.63) is 65.0 Å². The predicted molar refractivity (Wildman–Crippen MR) is 73.3 cm³/mol. The minimum atomic E-state index is -1.03. The average molecular weight is 289 g/mol. The Morgan fingerprint density at radius 3 is 2.33 bits per heavy atom. The maximum Gasteiger partial charge on any atom is 0.338 e.